The van der Waals surface area contributed by atoms with E-state index >= 15 is 0 Å². The van der Waals surface area contributed by atoms with Gasteiger partial charge in [0.2, 0.25) is 0 Å². The van der Waals surface area contributed by atoms with E-state index in [2.05, 4.69) is 36.9 Å². The first-order valence-electron chi connectivity index (χ1n) is 7.34. The lowest BCUT2D eigenvalue weighted by molar-refractivity contribution is 0.154. The molecule has 1 aromatic carbocycles. The lowest BCUT2D eigenvalue weighted by Crippen LogP contribution is -2.39. The average molecular weight is 262 g/mol. The summed E-state index contributed by atoms with van der Waals surface area (Å²) in [6, 6.07) is 6.85. The molecule has 0 bridgehead atoms. The Balaban J connectivity index is 1.93. The fourth-order valence-corrected chi connectivity index (χ4v) is 2.88. The van der Waals surface area contributed by atoms with Gasteiger partial charge in [0.1, 0.15) is 12.4 Å². The molecule has 1 aromatic rings. The molecule has 3 nitrogen and oxygen atoms in total. The lowest BCUT2D eigenvalue weighted by atomic mass is 10.1. The van der Waals surface area contributed by atoms with Gasteiger partial charge in [0.15, 0.2) is 0 Å². The van der Waals surface area contributed by atoms with Crippen molar-refractivity contribution in [3.8, 4) is 5.75 Å². The molecule has 0 aliphatic carbocycles. The molecule has 1 unspecified atom stereocenters. The summed E-state index contributed by atoms with van der Waals surface area (Å²) in [7, 11) is 0. The lowest BCUT2D eigenvalue weighted by Gasteiger charge is -2.27. The zero-order valence-corrected chi connectivity index (χ0v) is 12.2. The Labute approximate surface area is 116 Å². The van der Waals surface area contributed by atoms with Gasteiger partial charge in [0.25, 0.3) is 0 Å². The van der Waals surface area contributed by atoms with E-state index in [9.17, 15) is 0 Å². The van der Waals surface area contributed by atoms with E-state index in [1.54, 1.807) is 0 Å². The summed E-state index contributed by atoms with van der Waals surface area (Å²) in [4.78, 5) is 2.52. The third-order valence-corrected chi connectivity index (χ3v) is 3.79. The van der Waals surface area contributed by atoms with Crippen LogP contribution in [0.5, 0.6) is 5.75 Å². The molecule has 1 atom stereocenters. The monoisotopic (exact) mass is 262 g/mol. The minimum Gasteiger partial charge on any atom is -0.492 e. The Hall–Kier alpha value is -1.06. The van der Waals surface area contributed by atoms with Crippen molar-refractivity contribution >= 4 is 0 Å². The molecule has 106 valence electrons. The third kappa shape index (κ3) is 4.22. The van der Waals surface area contributed by atoms with Crippen molar-refractivity contribution in [1.29, 1.82) is 0 Å². The fraction of sp³-hybridized carbons (Fsp3) is 0.625. The van der Waals surface area contributed by atoms with Gasteiger partial charge in [-0.25, -0.2) is 0 Å². The quantitative estimate of drug-likeness (QED) is 0.856. The van der Waals surface area contributed by atoms with Crippen molar-refractivity contribution < 1.29 is 4.74 Å². The van der Waals surface area contributed by atoms with E-state index in [1.165, 1.54) is 37.1 Å². The summed E-state index contributed by atoms with van der Waals surface area (Å²) < 4.78 is 6.00. The van der Waals surface area contributed by atoms with E-state index < -0.39 is 0 Å². The molecule has 0 saturated carbocycles. The van der Waals surface area contributed by atoms with Crippen LogP contribution in [0.1, 0.15) is 30.4 Å². The van der Waals surface area contributed by atoms with Gasteiger partial charge in [-0.3, -0.25) is 4.90 Å². The molecule has 1 fully saturated rings. The number of hydrogen-bond acceptors (Lipinski definition) is 3. The molecule has 1 aliphatic rings. The maximum Gasteiger partial charge on any atom is 0.119 e. The zero-order chi connectivity index (χ0) is 13.7. The molecule has 0 spiro atoms. The van der Waals surface area contributed by atoms with Gasteiger partial charge in [-0.05, 0) is 76.0 Å². The fourth-order valence-electron chi connectivity index (χ4n) is 2.88. The van der Waals surface area contributed by atoms with Gasteiger partial charge in [0, 0.05) is 6.04 Å². The van der Waals surface area contributed by atoms with Gasteiger partial charge in [0.05, 0.1) is 0 Å². The maximum absolute atomic E-state index is 6.00. The van der Waals surface area contributed by atoms with Crippen molar-refractivity contribution in [3.63, 3.8) is 0 Å². The van der Waals surface area contributed by atoms with Gasteiger partial charge >= 0.3 is 0 Å². The minimum absolute atomic E-state index is 0.466. The summed E-state index contributed by atoms with van der Waals surface area (Å²) in [6.07, 6.45) is 3.64. The molecule has 2 N–H and O–H groups in total. The van der Waals surface area contributed by atoms with E-state index in [1.807, 2.05) is 0 Å². The molecule has 19 heavy (non-hydrogen) atoms. The Morgan fingerprint density at radius 1 is 1.16 bits per heavy atom. The minimum atomic E-state index is 0.466. The molecule has 1 aliphatic heterocycles. The number of hydrogen-bond donors (Lipinski definition) is 1. The molecular weight excluding hydrogens is 236 g/mol. The average Bonchev–Trinajstić information content (AvgIpc) is 2.87. The number of nitrogens with zero attached hydrogens (tertiary/aromatic N) is 1. The van der Waals surface area contributed by atoms with Crippen molar-refractivity contribution in [1.82, 2.24) is 4.90 Å². The number of likely N-dealkylation sites (tertiary alicyclic amines) is 1. The van der Waals surface area contributed by atoms with Crippen LogP contribution in [0.25, 0.3) is 0 Å². The Morgan fingerprint density at radius 2 is 1.79 bits per heavy atom. The van der Waals surface area contributed by atoms with Crippen molar-refractivity contribution in [3.05, 3.63) is 29.3 Å². The van der Waals surface area contributed by atoms with Crippen molar-refractivity contribution in [2.75, 3.05) is 26.2 Å². The third-order valence-electron chi connectivity index (χ3n) is 3.79. The molecule has 1 saturated heterocycles. The SMILES string of the molecule is Cc1cc(C)cc(OCC(CCN)N2CCCC2)c1. The van der Waals surface area contributed by atoms with E-state index in [0.29, 0.717) is 6.04 Å². The summed E-state index contributed by atoms with van der Waals surface area (Å²) >= 11 is 0. The van der Waals surface area contributed by atoms with E-state index in [0.717, 1.165) is 25.3 Å². The highest BCUT2D eigenvalue weighted by molar-refractivity contribution is 5.33. The molecule has 0 amide bonds. The molecule has 0 aromatic heterocycles. The first kappa shape index (κ1) is 14.4. The second-order valence-electron chi connectivity index (χ2n) is 5.61. The summed E-state index contributed by atoms with van der Waals surface area (Å²) in [5.74, 6) is 0.985. The predicted molar refractivity (Wildman–Crippen MR) is 79.7 cm³/mol. The summed E-state index contributed by atoms with van der Waals surface area (Å²) in [5.41, 5.74) is 8.24. The topological polar surface area (TPSA) is 38.5 Å². The van der Waals surface area contributed by atoms with Crippen LogP contribution in [0.4, 0.5) is 0 Å². The van der Waals surface area contributed by atoms with Gasteiger partial charge < -0.3 is 10.5 Å². The summed E-state index contributed by atoms with van der Waals surface area (Å²) in [6.45, 7) is 8.09. The Morgan fingerprint density at radius 3 is 2.37 bits per heavy atom. The molecule has 2 rings (SSSR count). The maximum atomic E-state index is 6.00. The number of ether oxygens (including phenoxy) is 1. The largest absolute Gasteiger partial charge is 0.492 e. The second kappa shape index (κ2) is 6.92. The van der Waals surface area contributed by atoms with Gasteiger partial charge in [-0.2, -0.15) is 0 Å². The van der Waals surface area contributed by atoms with Crippen LogP contribution in [-0.4, -0.2) is 37.2 Å². The van der Waals surface area contributed by atoms with Crippen LogP contribution in [0, 0.1) is 13.8 Å². The van der Waals surface area contributed by atoms with Crippen molar-refractivity contribution in [2.24, 2.45) is 5.73 Å². The Bertz CT molecular complexity index is 379. The molecule has 1 heterocycles. The van der Waals surface area contributed by atoms with Crippen LogP contribution in [0.2, 0.25) is 0 Å². The number of nitrogens with two attached hydrogens (primary N) is 1. The molecular formula is C16H26N2O. The van der Waals surface area contributed by atoms with Crippen molar-refractivity contribution in [2.45, 2.75) is 39.2 Å². The van der Waals surface area contributed by atoms with Gasteiger partial charge in [-0.15, -0.1) is 0 Å². The highest BCUT2D eigenvalue weighted by Gasteiger charge is 2.21. The normalized spacial score (nSPS) is 17.6. The van der Waals surface area contributed by atoms with Crippen LogP contribution in [0.15, 0.2) is 18.2 Å². The zero-order valence-electron chi connectivity index (χ0n) is 12.2. The Kier molecular flexibility index (Phi) is 5.23. The molecule has 3 heteroatoms. The number of aryl methyl sites for hydroxylation is 2. The number of benzene rings is 1. The smallest absolute Gasteiger partial charge is 0.119 e. The number of rotatable bonds is 6. The highest BCUT2D eigenvalue weighted by atomic mass is 16.5. The predicted octanol–water partition coefficient (Wildman–Crippen LogP) is 2.50. The molecule has 0 radical (unpaired) electrons. The highest BCUT2D eigenvalue weighted by Crippen LogP contribution is 2.19. The summed E-state index contributed by atoms with van der Waals surface area (Å²) in [5, 5.41) is 0. The van der Waals surface area contributed by atoms with Crippen LogP contribution < -0.4 is 10.5 Å². The second-order valence-corrected chi connectivity index (χ2v) is 5.61. The first-order valence-corrected chi connectivity index (χ1v) is 7.34. The first-order chi connectivity index (χ1) is 9.19. The van der Waals surface area contributed by atoms with Crippen LogP contribution in [0.3, 0.4) is 0 Å². The van der Waals surface area contributed by atoms with Crippen LogP contribution >= 0.6 is 0 Å². The van der Waals surface area contributed by atoms with Crippen LogP contribution in [-0.2, 0) is 0 Å². The standard InChI is InChI=1S/C16H26N2O/c1-13-9-14(2)11-16(10-13)19-12-15(5-6-17)18-7-3-4-8-18/h9-11,15H,3-8,12,17H2,1-2H3. The van der Waals surface area contributed by atoms with E-state index in [4.69, 9.17) is 10.5 Å². The van der Waals surface area contributed by atoms with Gasteiger partial charge in [-0.1, -0.05) is 6.07 Å². The van der Waals surface area contributed by atoms with E-state index in [-0.39, 0.29) is 0 Å².